The van der Waals surface area contributed by atoms with E-state index in [1.165, 1.54) is 10.7 Å². The maximum absolute atomic E-state index is 10.3. The van der Waals surface area contributed by atoms with Crippen molar-refractivity contribution in [3.05, 3.63) is 17.7 Å². The molecule has 0 spiro atoms. The summed E-state index contributed by atoms with van der Waals surface area (Å²) in [6.45, 7) is -0.418. The second kappa shape index (κ2) is 6.77. The lowest BCUT2D eigenvalue weighted by Gasteiger charge is -2.15. The van der Waals surface area contributed by atoms with Crippen LogP contribution < -0.4 is 5.32 Å². The summed E-state index contributed by atoms with van der Waals surface area (Å²) < 4.78 is 6.97. The van der Waals surface area contributed by atoms with Gasteiger partial charge in [-0.2, -0.15) is 10.2 Å². The molecule has 138 valence electrons. The molecule has 0 unspecified atom stereocenters. The molecule has 1 aliphatic carbocycles. The van der Waals surface area contributed by atoms with E-state index in [1.807, 2.05) is 6.07 Å². The lowest BCUT2D eigenvalue weighted by Crippen LogP contribution is -2.32. The molecule has 2 aliphatic rings. The molecular formula is C16H20N6O4. The minimum atomic E-state index is -1.24. The second-order valence-electron chi connectivity index (χ2n) is 6.70. The van der Waals surface area contributed by atoms with Gasteiger partial charge in [-0.15, -0.1) is 5.10 Å². The lowest BCUT2D eigenvalue weighted by molar-refractivity contribution is -0.0244. The zero-order valence-electron chi connectivity index (χ0n) is 14.0. The maximum atomic E-state index is 10.3. The van der Waals surface area contributed by atoms with Gasteiger partial charge in [0.2, 0.25) is 0 Å². The molecule has 2 fully saturated rings. The van der Waals surface area contributed by atoms with E-state index in [-0.39, 0.29) is 11.9 Å². The highest BCUT2D eigenvalue weighted by Gasteiger charge is 2.44. The fourth-order valence-electron chi connectivity index (χ4n) is 3.64. The Morgan fingerprint density at radius 1 is 1.31 bits per heavy atom. The molecule has 0 radical (unpaired) electrons. The highest BCUT2D eigenvalue weighted by atomic mass is 16.6. The molecule has 0 bridgehead atoms. The number of aliphatic hydroxyl groups is 3. The zero-order chi connectivity index (χ0) is 18.3. The minimum Gasteiger partial charge on any atom is -0.394 e. The van der Waals surface area contributed by atoms with E-state index in [0.717, 1.165) is 25.7 Å². The molecule has 1 aliphatic heterocycles. The van der Waals surface area contributed by atoms with Crippen LogP contribution in [0.5, 0.6) is 0 Å². The van der Waals surface area contributed by atoms with Crippen molar-refractivity contribution in [2.75, 3.05) is 11.9 Å². The van der Waals surface area contributed by atoms with Crippen LogP contribution in [0, 0.1) is 11.3 Å². The first-order chi connectivity index (χ1) is 12.6. The number of fused-ring (bicyclic) bond motifs is 1. The second-order valence-corrected chi connectivity index (χ2v) is 6.70. The monoisotopic (exact) mass is 360 g/mol. The summed E-state index contributed by atoms with van der Waals surface area (Å²) in [6.07, 6.45) is 1.56. The van der Waals surface area contributed by atoms with Crippen LogP contribution in [-0.4, -0.2) is 65.9 Å². The molecular weight excluding hydrogens is 340 g/mol. The highest BCUT2D eigenvalue weighted by Crippen LogP contribution is 2.34. The van der Waals surface area contributed by atoms with Crippen LogP contribution in [-0.2, 0) is 4.74 Å². The van der Waals surface area contributed by atoms with Gasteiger partial charge in [-0.1, -0.05) is 12.8 Å². The van der Waals surface area contributed by atoms with Crippen molar-refractivity contribution in [2.45, 2.75) is 56.1 Å². The van der Waals surface area contributed by atoms with Gasteiger partial charge >= 0.3 is 0 Å². The van der Waals surface area contributed by atoms with E-state index in [0.29, 0.717) is 17.2 Å². The van der Waals surface area contributed by atoms with Crippen LogP contribution in [0.3, 0.4) is 0 Å². The van der Waals surface area contributed by atoms with Crippen molar-refractivity contribution in [1.82, 2.24) is 19.6 Å². The number of nitrogens with one attached hydrogen (secondary N) is 1. The van der Waals surface area contributed by atoms with Crippen molar-refractivity contribution in [2.24, 2.45) is 0 Å². The Morgan fingerprint density at radius 2 is 2.08 bits per heavy atom. The predicted molar refractivity (Wildman–Crippen MR) is 88.1 cm³/mol. The summed E-state index contributed by atoms with van der Waals surface area (Å²) in [5, 5.41) is 46.3. The quantitative estimate of drug-likeness (QED) is 0.566. The molecule has 0 amide bonds. The molecule has 10 heteroatoms. The van der Waals surface area contributed by atoms with Crippen LogP contribution in [0.1, 0.15) is 43.3 Å². The number of aliphatic hydroxyl groups excluding tert-OH is 3. The van der Waals surface area contributed by atoms with Crippen molar-refractivity contribution >= 4 is 11.5 Å². The molecule has 10 nitrogen and oxygen atoms in total. The van der Waals surface area contributed by atoms with Gasteiger partial charge in [0.15, 0.2) is 11.5 Å². The zero-order valence-corrected chi connectivity index (χ0v) is 14.0. The number of anilines is 1. The van der Waals surface area contributed by atoms with E-state index in [1.54, 1.807) is 0 Å². The van der Waals surface area contributed by atoms with Gasteiger partial charge in [0.25, 0.3) is 5.82 Å². The Kier molecular flexibility index (Phi) is 4.46. The molecule has 2 aromatic rings. The van der Waals surface area contributed by atoms with Gasteiger partial charge in [0.1, 0.15) is 30.5 Å². The number of hydrogen-bond acceptors (Lipinski definition) is 9. The summed E-state index contributed by atoms with van der Waals surface area (Å²) >= 11 is 0. The summed E-state index contributed by atoms with van der Waals surface area (Å²) in [5.74, 6) is 0.422. The molecule has 0 aromatic carbocycles. The summed E-state index contributed by atoms with van der Waals surface area (Å²) in [4.78, 5) is 8.55. The number of hydrogen-bond donors (Lipinski definition) is 4. The van der Waals surface area contributed by atoms with E-state index in [4.69, 9.17) is 4.74 Å². The third kappa shape index (κ3) is 2.79. The largest absolute Gasteiger partial charge is 0.394 e. The molecule has 2 aromatic heterocycles. The third-order valence-electron chi connectivity index (χ3n) is 5.02. The average molecular weight is 360 g/mol. The Hall–Kier alpha value is -2.32. The lowest BCUT2D eigenvalue weighted by atomic mass is 10.1. The van der Waals surface area contributed by atoms with Crippen LogP contribution in [0.2, 0.25) is 0 Å². The van der Waals surface area contributed by atoms with E-state index in [9.17, 15) is 20.6 Å². The third-order valence-corrected chi connectivity index (χ3v) is 5.02. The van der Waals surface area contributed by atoms with Crippen molar-refractivity contribution in [1.29, 1.82) is 5.26 Å². The Morgan fingerprint density at radius 3 is 2.73 bits per heavy atom. The first-order valence-electron chi connectivity index (χ1n) is 8.67. The average Bonchev–Trinajstić information content (AvgIpc) is 3.36. The number of aromatic nitrogens is 4. The molecule has 4 N–H and O–H groups in total. The van der Waals surface area contributed by atoms with Gasteiger partial charge in [0.05, 0.1) is 18.5 Å². The van der Waals surface area contributed by atoms with Crippen LogP contribution >= 0.6 is 0 Å². The van der Waals surface area contributed by atoms with Gasteiger partial charge in [-0.25, -0.2) is 9.50 Å². The van der Waals surface area contributed by atoms with E-state index < -0.39 is 31.0 Å². The first kappa shape index (κ1) is 17.1. The van der Waals surface area contributed by atoms with Gasteiger partial charge < -0.3 is 25.4 Å². The summed E-state index contributed by atoms with van der Waals surface area (Å²) in [6, 6.07) is 2.20. The molecule has 4 atom stereocenters. The summed E-state index contributed by atoms with van der Waals surface area (Å²) in [5.41, 5.74) is 0.805. The number of ether oxygens (including phenoxy) is 1. The molecule has 1 saturated heterocycles. The fraction of sp³-hybridized carbons (Fsp3) is 0.625. The molecule has 4 rings (SSSR count). The predicted octanol–water partition coefficient (Wildman–Crippen LogP) is -0.496. The van der Waals surface area contributed by atoms with Crippen LogP contribution in [0.15, 0.2) is 6.20 Å². The number of nitriles is 1. The number of imidazole rings is 1. The fourth-order valence-corrected chi connectivity index (χ4v) is 3.64. The van der Waals surface area contributed by atoms with Gasteiger partial charge in [0, 0.05) is 6.04 Å². The Balaban J connectivity index is 1.74. The Labute approximate surface area is 149 Å². The van der Waals surface area contributed by atoms with E-state index >= 15 is 0 Å². The standard InChI is InChI=1S/C16H20N6O4/c17-5-11-20-15(19-8-3-1-2-4-8)16-18-6-9(22(16)21-11)14-13(25)12(24)10(7-23)26-14/h6,8,10,12-14,23-25H,1-4,7H2,(H,19,20,21)/t10-,12-,13-,14+/m1/s1. The SMILES string of the molecule is N#Cc1nc(NC2CCCC2)c2ncc([C@@H]3O[C@H](CO)[C@@H](O)[C@H]3O)n2n1. The molecule has 3 heterocycles. The van der Waals surface area contributed by atoms with Crippen molar-refractivity contribution < 1.29 is 20.1 Å². The minimum absolute atomic E-state index is 0.0380. The number of nitrogens with zero attached hydrogens (tertiary/aromatic N) is 5. The number of rotatable bonds is 4. The van der Waals surface area contributed by atoms with Gasteiger partial charge in [-0.3, -0.25) is 0 Å². The molecule has 1 saturated carbocycles. The molecule has 26 heavy (non-hydrogen) atoms. The normalized spacial score (nSPS) is 29.3. The van der Waals surface area contributed by atoms with Crippen LogP contribution in [0.25, 0.3) is 5.65 Å². The first-order valence-corrected chi connectivity index (χ1v) is 8.67. The topological polar surface area (TPSA) is 149 Å². The summed E-state index contributed by atoms with van der Waals surface area (Å²) in [7, 11) is 0. The van der Waals surface area contributed by atoms with Crippen molar-refractivity contribution in [3.8, 4) is 6.07 Å². The van der Waals surface area contributed by atoms with Crippen LogP contribution in [0.4, 0.5) is 5.82 Å². The maximum Gasteiger partial charge on any atom is 0.253 e. The van der Waals surface area contributed by atoms with E-state index in [2.05, 4.69) is 20.4 Å². The van der Waals surface area contributed by atoms with Gasteiger partial charge in [-0.05, 0) is 12.8 Å². The highest BCUT2D eigenvalue weighted by molar-refractivity contribution is 5.63. The van der Waals surface area contributed by atoms with Crippen molar-refractivity contribution in [3.63, 3.8) is 0 Å². The smallest absolute Gasteiger partial charge is 0.253 e. The Bertz CT molecular complexity index is 843.